The quantitative estimate of drug-likeness (QED) is 0.0195. The van der Waals surface area contributed by atoms with Gasteiger partial charge in [-0.05, 0) is 116 Å². The van der Waals surface area contributed by atoms with Gasteiger partial charge in [0.25, 0.3) is 7.82 Å². The van der Waals surface area contributed by atoms with Crippen LogP contribution >= 0.6 is 7.82 Å². The smallest absolute Gasteiger partial charge is 0.306 e. The predicted octanol–water partition coefficient (Wildman–Crippen LogP) is 26.1. The van der Waals surface area contributed by atoms with E-state index in [0.29, 0.717) is 17.4 Å². The molecule has 0 aromatic rings. The molecule has 0 N–H and O–H groups in total. The van der Waals surface area contributed by atoms with E-state index in [2.05, 4.69) is 148 Å². The number of allylic oxidation sites excluding steroid dienone is 22. The fraction of sp³-hybridized carbons (Fsp3) is 0.721. The van der Waals surface area contributed by atoms with E-state index in [1.54, 1.807) is 0 Å². The van der Waals surface area contributed by atoms with Gasteiger partial charge in [-0.25, -0.2) is 0 Å². The maximum Gasteiger partial charge on any atom is 0.306 e. The van der Waals surface area contributed by atoms with Gasteiger partial charge in [0.2, 0.25) is 0 Å². The maximum atomic E-state index is 12.9. The molecular weight excluding hydrogens is 1210 g/mol. The largest absolute Gasteiger partial charge is 0.756 e. The molecule has 0 aliphatic heterocycles. The van der Waals surface area contributed by atoms with Crippen molar-refractivity contribution in [3.8, 4) is 0 Å². The van der Waals surface area contributed by atoms with Crippen LogP contribution in [0.3, 0.4) is 0 Å². The summed E-state index contributed by atoms with van der Waals surface area (Å²) in [5, 5.41) is 0. The lowest BCUT2D eigenvalue weighted by atomic mass is 10.0. The summed E-state index contributed by atoms with van der Waals surface area (Å²) in [5.41, 5.74) is 0. The van der Waals surface area contributed by atoms with Gasteiger partial charge < -0.3 is 27.9 Å². The maximum absolute atomic E-state index is 12.9. The van der Waals surface area contributed by atoms with Crippen LogP contribution in [0.25, 0.3) is 0 Å². The minimum Gasteiger partial charge on any atom is -0.756 e. The van der Waals surface area contributed by atoms with Crippen LogP contribution in [-0.2, 0) is 32.7 Å². The highest BCUT2D eigenvalue weighted by atomic mass is 31.2. The van der Waals surface area contributed by atoms with Crippen molar-refractivity contribution in [2.75, 3.05) is 47.5 Å². The number of phosphoric acid groups is 1. The fourth-order valence-corrected chi connectivity index (χ4v) is 11.8. The van der Waals surface area contributed by atoms with Crippen LogP contribution in [0.5, 0.6) is 0 Å². The minimum absolute atomic E-state index is 0.0342. The summed E-state index contributed by atoms with van der Waals surface area (Å²) in [4.78, 5) is 38.2. The number of hydrogen-bond acceptors (Lipinski definition) is 8. The predicted molar refractivity (Wildman–Crippen MR) is 415 cm³/mol. The summed E-state index contributed by atoms with van der Waals surface area (Å²) in [7, 11) is 1.17. The van der Waals surface area contributed by atoms with Crippen molar-refractivity contribution >= 4 is 19.8 Å². The zero-order valence-corrected chi connectivity index (χ0v) is 63.9. The molecule has 0 amide bonds. The Morgan fingerprint density at radius 2 is 0.594 bits per heavy atom. The van der Waals surface area contributed by atoms with Crippen LogP contribution < -0.4 is 4.89 Å². The molecule has 0 aromatic carbocycles. The second-order valence-electron chi connectivity index (χ2n) is 27.7. The molecular formula is C86H150NO8P. The van der Waals surface area contributed by atoms with Crippen molar-refractivity contribution in [2.24, 2.45) is 0 Å². The van der Waals surface area contributed by atoms with Gasteiger partial charge in [-0.1, -0.05) is 353 Å². The Bertz CT molecular complexity index is 2090. The first-order valence-electron chi connectivity index (χ1n) is 39.9. The topological polar surface area (TPSA) is 111 Å². The van der Waals surface area contributed by atoms with Gasteiger partial charge in [0.15, 0.2) is 6.10 Å². The average molecular weight is 1360 g/mol. The van der Waals surface area contributed by atoms with Crippen molar-refractivity contribution in [1.29, 1.82) is 0 Å². The monoisotopic (exact) mass is 1360 g/mol. The molecule has 2 unspecified atom stereocenters. The summed E-state index contributed by atoms with van der Waals surface area (Å²) in [6, 6.07) is 0. The summed E-state index contributed by atoms with van der Waals surface area (Å²) in [6.07, 6.45) is 110. The third-order valence-corrected chi connectivity index (χ3v) is 18.1. The molecule has 0 aromatic heterocycles. The van der Waals surface area contributed by atoms with Crippen LogP contribution in [0.2, 0.25) is 0 Å². The van der Waals surface area contributed by atoms with E-state index in [-0.39, 0.29) is 32.0 Å². The first-order valence-corrected chi connectivity index (χ1v) is 41.4. The van der Waals surface area contributed by atoms with Crippen molar-refractivity contribution in [1.82, 2.24) is 0 Å². The summed E-state index contributed by atoms with van der Waals surface area (Å²) in [5.74, 6) is -0.826. The first-order chi connectivity index (χ1) is 47.0. The highest BCUT2D eigenvalue weighted by molar-refractivity contribution is 7.45. The molecule has 0 spiro atoms. The molecule has 10 heteroatoms. The molecule has 0 fully saturated rings. The number of quaternary nitrogens is 1. The third kappa shape index (κ3) is 79.1. The number of likely N-dealkylation sites (N-methyl/N-ethyl adjacent to an activating group) is 1. The number of rotatable bonds is 73. The summed E-state index contributed by atoms with van der Waals surface area (Å²) >= 11 is 0. The van der Waals surface area contributed by atoms with E-state index in [1.165, 1.54) is 212 Å². The highest BCUT2D eigenvalue weighted by Crippen LogP contribution is 2.38. The zero-order valence-electron chi connectivity index (χ0n) is 63.0. The van der Waals surface area contributed by atoms with Crippen molar-refractivity contribution in [2.45, 2.75) is 354 Å². The molecule has 9 nitrogen and oxygen atoms in total. The lowest BCUT2D eigenvalue weighted by Crippen LogP contribution is -2.37. The van der Waals surface area contributed by atoms with E-state index in [4.69, 9.17) is 18.5 Å². The standard InChI is InChI=1S/C86H150NO8P/c1-6-8-10-12-14-16-18-20-22-24-26-28-30-32-34-36-38-40-41-42-43-44-45-47-49-51-53-55-57-59-61-63-65-67-69-71-73-75-77-79-86(89)95-84(83-94-96(90,91)93-81-80-87(3,4)5)82-92-85(88)78-76-74-72-70-68-66-64-62-60-58-56-54-52-50-48-46-39-37-35-33-31-29-27-25-23-21-19-17-15-13-11-9-7-2/h8,10,14,16,19-22,25-28,31-34,38,40,42-43,45,47,84H,6-7,9,11-13,15,17-18,23-24,29-30,35-37,39,41,44,46,48-83H2,1-5H3/b10-8-,16-14-,21-19-,22-20-,27-25-,28-26-,33-31-,34-32-,40-38-,43-42-,47-45-. The first kappa shape index (κ1) is 92.2. The molecule has 0 aliphatic rings. The van der Waals surface area contributed by atoms with E-state index in [0.717, 1.165) is 103 Å². The minimum atomic E-state index is -4.65. The Hall–Kier alpha value is -3.85. The molecule has 96 heavy (non-hydrogen) atoms. The van der Waals surface area contributed by atoms with Gasteiger partial charge in [-0.2, -0.15) is 0 Å². The normalized spacial score (nSPS) is 13.8. The number of phosphoric ester groups is 1. The zero-order chi connectivity index (χ0) is 69.7. The van der Waals surface area contributed by atoms with Gasteiger partial charge in [-0.15, -0.1) is 0 Å². The number of hydrogen-bond donors (Lipinski definition) is 0. The second-order valence-corrected chi connectivity index (χ2v) is 29.1. The lowest BCUT2D eigenvalue weighted by molar-refractivity contribution is -0.870. The number of esters is 2. The molecule has 552 valence electrons. The molecule has 0 saturated heterocycles. The van der Waals surface area contributed by atoms with Crippen LogP contribution in [-0.4, -0.2) is 70.0 Å². The molecule has 0 aliphatic carbocycles. The van der Waals surface area contributed by atoms with E-state index in [1.807, 2.05) is 21.1 Å². The lowest BCUT2D eigenvalue weighted by Gasteiger charge is -2.28. The number of ether oxygens (including phenoxy) is 2. The molecule has 0 radical (unpaired) electrons. The Morgan fingerprint density at radius 3 is 0.885 bits per heavy atom. The number of nitrogens with zero attached hydrogens (tertiary/aromatic N) is 1. The number of unbranched alkanes of at least 4 members (excludes halogenated alkanes) is 37. The van der Waals surface area contributed by atoms with Crippen LogP contribution in [0.1, 0.15) is 348 Å². The molecule has 0 saturated carbocycles. The number of carbonyl (C=O) groups excluding carboxylic acids is 2. The SMILES string of the molecule is CC/C=C\C/C=C\C/C=C\C/C=C\C/C=C\C/C=C\C/C=C\C/C=C\CCCCCCCCCCCCCCCCC(=O)OC(COC(=O)CCCCCCCCCCCCCCCCCCCC/C=C\C/C=C\C/C=C\CCCCCCC)COP(=O)([O-])OCC[N+](C)(C)C. The van der Waals surface area contributed by atoms with Crippen LogP contribution in [0.4, 0.5) is 0 Å². The average Bonchev–Trinajstić information content (AvgIpc) is 1.98. The van der Waals surface area contributed by atoms with Crippen molar-refractivity contribution in [3.05, 3.63) is 134 Å². The van der Waals surface area contributed by atoms with E-state index >= 15 is 0 Å². The van der Waals surface area contributed by atoms with E-state index < -0.39 is 26.5 Å². The third-order valence-electron chi connectivity index (χ3n) is 17.2. The van der Waals surface area contributed by atoms with Crippen LogP contribution in [0, 0.1) is 0 Å². The van der Waals surface area contributed by atoms with Crippen LogP contribution in [0.15, 0.2) is 134 Å². The Morgan fingerprint density at radius 1 is 0.333 bits per heavy atom. The molecule has 0 bridgehead atoms. The van der Waals surface area contributed by atoms with Crippen molar-refractivity contribution < 1.29 is 42.1 Å². The highest BCUT2D eigenvalue weighted by Gasteiger charge is 2.22. The van der Waals surface area contributed by atoms with Crippen molar-refractivity contribution in [3.63, 3.8) is 0 Å². The van der Waals surface area contributed by atoms with E-state index in [9.17, 15) is 19.0 Å². The fourth-order valence-electron chi connectivity index (χ4n) is 11.1. The Balaban J connectivity index is 3.99. The second kappa shape index (κ2) is 75.4. The van der Waals surface area contributed by atoms with Gasteiger partial charge in [0.05, 0.1) is 27.7 Å². The Kier molecular flexibility index (Phi) is 72.3. The molecule has 0 rings (SSSR count). The molecule has 2 atom stereocenters. The summed E-state index contributed by atoms with van der Waals surface area (Å²) in [6.45, 7) is 4.14. The summed E-state index contributed by atoms with van der Waals surface area (Å²) < 4.78 is 34.4. The van der Waals surface area contributed by atoms with Gasteiger partial charge in [0, 0.05) is 12.8 Å². The molecule has 0 heterocycles. The van der Waals surface area contributed by atoms with Gasteiger partial charge >= 0.3 is 11.9 Å². The Labute approximate surface area is 593 Å². The van der Waals surface area contributed by atoms with Gasteiger partial charge in [0.1, 0.15) is 19.8 Å². The van der Waals surface area contributed by atoms with Gasteiger partial charge in [-0.3, -0.25) is 14.2 Å². The number of carbonyl (C=O) groups is 2.